The van der Waals surface area contributed by atoms with E-state index in [9.17, 15) is 9.59 Å². The SMILES string of the molecule is O=C(NCc1cccnc1)C1CC(=O)N(CCc2ccc(Cl)cc2Cl)C1. The van der Waals surface area contributed by atoms with Crippen molar-refractivity contribution >= 4 is 35.0 Å². The first-order valence-corrected chi connectivity index (χ1v) is 9.17. The van der Waals surface area contributed by atoms with Crippen molar-refractivity contribution in [2.45, 2.75) is 19.4 Å². The molecule has 1 aromatic carbocycles. The molecule has 2 heterocycles. The Balaban J connectivity index is 1.50. The number of nitrogens with one attached hydrogen (secondary N) is 1. The summed E-state index contributed by atoms with van der Waals surface area (Å²) in [5.74, 6) is -0.425. The molecule has 1 aliphatic rings. The van der Waals surface area contributed by atoms with Gasteiger partial charge < -0.3 is 10.2 Å². The number of likely N-dealkylation sites (tertiary alicyclic amines) is 1. The van der Waals surface area contributed by atoms with E-state index >= 15 is 0 Å². The summed E-state index contributed by atoms with van der Waals surface area (Å²) in [5, 5.41) is 4.05. The van der Waals surface area contributed by atoms with Crippen LogP contribution in [0.25, 0.3) is 0 Å². The first-order valence-electron chi connectivity index (χ1n) is 8.41. The van der Waals surface area contributed by atoms with Crippen molar-refractivity contribution in [1.29, 1.82) is 0 Å². The molecule has 1 N–H and O–H groups in total. The van der Waals surface area contributed by atoms with Crippen LogP contribution in [-0.2, 0) is 22.6 Å². The molecule has 2 aromatic rings. The molecule has 26 heavy (non-hydrogen) atoms. The van der Waals surface area contributed by atoms with Gasteiger partial charge in [-0.1, -0.05) is 35.3 Å². The summed E-state index contributed by atoms with van der Waals surface area (Å²) in [6.45, 7) is 1.38. The normalized spacial score (nSPS) is 16.8. The van der Waals surface area contributed by atoms with Crippen LogP contribution in [0, 0.1) is 5.92 Å². The topological polar surface area (TPSA) is 62.3 Å². The van der Waals surface area contributed by atoms with Gasteiger partial charge in [-0.25, -0.2) is 0 Å². The molecule has 0 aliphatic carbocycles. The third-order valence-corrected chi connectivity index (χ3v) is 5.03. The zero-order valence-electron chi connectivity index (χ0n) is 14.1. The quantitative estimate of drug-likeness (QED) is 0.822. The molecule has 1 aliphatic heterocycles. The fourth-order valence-corrected chi connectivity index (χ4v) is 3.48. The Morgan fingerprint density at radius 3 is 2.88 bits per heavy atom. The predicted molar refractivity (Wildman–Crippen MR) is 101 cm³/mol. The number of nitrogens with zero attached hydrogens (tertiary/aromatic N) is 2. The smallest absolute Gasteiger partial charge is 0.225 e. The lowest BCUT2D eigenvalue weighted by atomic mass is 10.1. The van der Waals surface area contributed by atoms with Gasteiger partial charge in [0.1, 0.15) is 0 Å². The van der Waals surface area contributed by atoms with Gasteiger partial charge in [-0.2, -0.15) is 0 Å². The van der Waals surface area contributed by atoms with Crippen LogP contribution in [-0.4, -0.2) is 34.8 Å². The maximum absolute atomic E-state index is 12.3. The summed E-state index contributed by atoms with van der Waals surface area (Å²) in [6, 6.07) is 9.06. The largest absolute Gasteiger partial charge is 0.352 e. The Bertz CT molecular complexity index is 799. The summed E-state index contributed by atoms with van der Waals surface area (Å²) in [6.07, 6.45) is 4.27. The first kappa shape index (κ1) is 18.7. The standard InChI is InChI=1S/C19H19Cl2N3O2/c20-16-4-3-14(17(21)9-16)5-7-24-12-15(8-18(24)25)19(26)23-11-13-2-1-6-22-10-13/h1-4,6,9-10,15H,5,7-8,11-12H2,(H,23,26). The highest BCUT2D eigenvalue weighted by atomic mass is 35.5. The Morgan fingerprint density at radius 2 is 2.15 bits per heavy atom. The van der Waals surface area contributed by atoms with Gasteiger partial charge in [0, 0.05) is 48.5 Å². The van der Waals surface area contributed by atoms with Crippen LogP contribution in [0.1, 0.15) is 17.5 Å². The van der Waals surface area contributed by atoms with E-state index in [0.717, 1.165) is 11.1 Å². The van der Waals surface area contributed by atoms with Crippen molar-refractivity contribution in [2.75, 3.05) is 13.1 Å². The van der Waals surface area contributed by atoms with Crippen LogP contribution in [0.3, 0.4) is 0 Å². The summed E-state index contributed by atoms with van der Waals surface area (Å²) in [4.78, 5) is 30.3. The van der Waals surface area contributed by atoms with Gasteiger partial charge in [0.15, 0.2) is 0 Å². The maximum atomic E-state index is 12.3. The van der Waals surface area contributed by atoms with Gasteiger partial charge in [0.25, 0.3) is 0 Å². The molecule has 0 spiro atoms. The van der Waals surface area contributed by atoms with E-state index < -0.39 is 0 Å². The lowest BCUT2D eigenvalue weighted by Gasteiger charge is -2.17. The highest BCUT2D eigenvalue weighted by Crippen LogP contribution is 2.23. The van der Waals surface area contributed by atoms with Gasteiger partial charge in [-0.05, 0) is 35.7 Å². The molecule has 1 atom stereocenters. The summed E-state index contributed by atoms with van der Waals surface area (Å²) in [7, 11) is 0. The number of hydrogen-bond donors (Lipinski definition) is 1. The Kier molecular flexibility index (Phi) is 6.12. The summed E-state index contributed by atoms with van der Waals surface area (Å²) < 4.78 is 0. The van der Waals surface area contributed by atoms with E-state index in [1.54, 1.807) is 29.4 Å². The second kappa shape index (κ2) is 8.52. The molecular formula is C19H19Cl2N3O2. The van der Waals surface area contributed by atoms with Crippen molar-refractivity contribution in [3.8, 4) is 0 Å². The monoisotopic (exact) mass is 391 g/mol. The molecule has 1 saturated heterocycles. The maximum Gasteiger partial charge on any atom is 0.225 e. The second-order valence-corrected chi connectivity index (χ2v) is 7.15. The predicted octanol–water partition coefficient (Wildman–Crippen LogP) is 3.10. The summed E-state index contributed by atoms with van der Waals surface area (Å²) in [5.41, 5.74) is 1.87. The number of halogens is 2. The average Bonchev–Trinajstić information content (AvgIpc) is 3.01. The highest BCUT2D eigenvalue weighted by molar-refractivity contribution is 6.35. The van der Waals surface area contributed by atoms with Crippen LogP contribution >= 0.6 is 23.2 Å². The molecule has 1 unspecified atom stereocenters. The second-order valence-electron chi connectivity index (χ2n) is 6.31. The number of carbonyl (C=O) groups excluding carboxylic acids is 2. The van der Waals surface area contributed by atoms with Crippen molar-refractivity contribution in [2.24, 2.45) is 5.92 Å². The molecule has 136 valence electrons. The van der Waals surface area contributed by atoms with E-state index in [4.69, 9.17) is 23.2 Å². The third kappa shape index (κ3) is 4.74. The number of carbonyl (C=O) groups is 2. The van der Waals surface area contributed by atoms with Crippen LogP contribution in [0.5, 0.6) is 0 Å². The minimum absolute atomic E-state index is 0.00314. The van der Waals surface area contributed by atoms with Gasteiger partial charge in [0.2, 0.25) is 11.8 Å². The fourth-order valence-electron chi connectivity index (χ4n) is 2.98. The number of aromatic nitrogens is 1. The lowest BCUT2D eigenvalue weighted by Crippen LogP contribution is -2.33. The minimum atomic E-state index is -0.320. The van der Waals surface area contributed by atoms with Gasteiger partial charge in [-0.15, -0.1) is 0 Å². The molecule has 1 fully saturated rings. The Hall–Kier alpha value is -2.11. The van der Waals surface area contributed by atoms with Crippen LogP contribution in [0.2, 0.25) is 10.0 Å². The average molecular weight is 392 g/mol. The van der Waals surface area contributed by atoms with E-state index in [1.807, 2.05) is 18.2 Å². The first-order chi connectivity index (χ1) is 12.5. The fraction of sp³-hybridized carbons (Fsp3) is 0.316. The van der Waals surface area contributed by atoms with Crippen molar-refractivity contribution in [1.82, 2.24) is 15.2 Å². The number of benzene rings is 1. The molecule has 0 saturated carbocycles. The molecule has 5 nitrogen and oxygen atoms in total. The minimum Gasteiger partial charge on any atom is -0.352 e. The summed E-state index contributed by atoms with van der Waals surface area (Å²) >= 11 is 12.1. The molecule has 0 radical (unpaired) electrons. The van der Waals surface area contributed by atoms with Gasteiger partial charge in [-0.3, -0.25) is 14.6 Å². The Labute approximate surface area is 162 Å². The van der Waals surface area contributed by atoms with Gasteiger partial charge >= 0.3 is 0 Å². The molecule has 2 amide bonds. The molecule has 0 bridgehead atoms. The van der Waals surface area contributed by atoms with E-state index in [2.05, 4.69) is 10.3 Å². The van der Waals surface area contributed by atoms with Crippen molar-refractivity contribution in [3.05, 3.63) is 63.9 Å². The number of amides is 2. The van der Waals surface area contributed by atoms with Crippen molar-refractivity contribution in [3.63, 3.8) is 0 Å². The molecular weight excluding hydrogens is 373 g/mol. The van der Waals surface area contributed by atoms with E-state index in [1.165, 1.54) is 0 Å². The molecule has 1 aromatic heterocycles. The molecule has 3 rings (SSSR count). The lowest BCUT2D eigenvalue weighted by molar-refractivity contribution is -0.129. The van der Waals surface area contributed by atoms with Crippen LogP contribution in [0.4, 0.5) is 0 Å². The number of rotatable bonds is 6. The Morgan fingerprint density at radius 1 is 1.31 bits per heavy atom. The van der Waals surface area contributed by atoms with Gasteiger partial charge in [0.05, 0.1) is 5.92 Å². The number of hydrogen-bond acceptors (Lipinski definition) is 3. The van der Waals surface area contributed by atoms with Crippen molar-refractivity contribution < 1.29 is 9.59 Å². The zero-order valence-corrected chi connectivity index (χ0v) is 15.6. The highest BCUT2D eigenvalue weighted by Gasteiger charge is 2.33. The zero-order chi connectivity index (χ0) is 18.5. The van der Waals surface area contributed by atoms with E-state index in [-0.39, 0.29) is 24.2 Å². The number of pyridine rings is 1. The van der Waals surface area contributed by atoms with Crippen LogP contribution in [0.15, 0.2) is 42.7 Å². The third-order valence-electron chi connectivity index (χ3n) is 4.44. The molecule has 7 heteroatoms. The van der Waals surface area contributed by atoms with E-state index in [0.29, 0.717) is 36.1 Å². The van der Waals surface area contributed by atoms with Crippen LogP contribution < -0.4 is 5.32 Å².